The lowest BCUT2D eigenvalue weighted by Crippen LogP contribution is -1.92. The second-order valence-corrected chi connectivity index (χ2v) is 4.21. The predicted octanol–water partition coefficient (Wildman–Crippen LogP) is 2.23. The van der Waals surface area contributed by atoms with Gasteiger partial charge in [-0.05, 0) is 12.3 Å². The molecule has 0 saturated carbocycles. The van der Waals surface area contributed by atoms with Gasteiger partial charge in [-0.1, -0.05) is 11.8 Å². The van der Waals surface area contributed by atoms with Gasteiger partial charge in [-0.25, -0.2) is 9.78 Å². The molecule has 5 heteroatoms. The summed E-state index contributed by atoms with van der Waals surface area (Å²) in [6.07, 6.45) is 1.38. The zero-order valence-corrected chi connectivity index (χ0v) is 8.95. The fraction of sp³-hybridized carbons (Fsp3) is 0.250. The minimum absolute atomic E-state index is 0.347. The minimum Gasteiger partial charge on any atom is -0.466 e. The number of nitrogens with zero attached hydrogens (tertiary/aromatic N) is 1. The van der Waals surface area contributed by atoms with Crippen molar-refractivity contribution in [2.24, 2.45) is 0 Å². The number of ether oxygens (including phenoxy) is 1. The van der Waals surface area contributed by atoms with Gasteiger partial charge in [0, 0.05) is 17.2 Å². The third kappa shape index (κ3) is 3.61. The summed E-state index contributed by atoms with van der Waals surface area (Å²) in [4.78, 5) is 14.9. The molecule has 0 atom stereocenters. The molecule has 0 aliphatic heterocycles. The number of carbonyl (C=O) groups excluding carboxylic acids is 1. The Morgan fingerprint density at radius 1 is 1.77 bits per heavy atom. The van der Waals surface area contributed by atoms with Crippen molar-refractivity contribution in [3.8, 4) is 0 Å². The SMILES string of the molecule is COC(=O)C=CSc1nc(C)cs1. The maximum Gasteiger partial charge on any atom is 0.330 e. The van der Waals surface area contributed by atoms with Crippen LogP contribution < -0.4 is 0 Å². The highest BCUT2D eigenvalue weighted by Gasteiger charge is 1.96. The number of methoxy groups -OCH3 is 1. The summed E-state index contributed by atoms with van der Waals surface area (Å²) < 4.78 is 5.37. The first-order valence-corrected chi connectivity index (χ1v) is 5.31. The molecule has 70 valence electrons. The van der Waals surface area contributed by atoms with Gasteiger partial charge in [-0.2, -0.15) is 0 Å². The highest BCUT2D eigenvalue weighted by Crippen LogP contribution is 2.22. The van der Waals surface area contributed by atoms with E-state index in [1.165, 1.54) is 24.9 Å². The van der Waals surface area contributed by atoms with Crippen molar-refractivity contribution in [3.63, 3.8) is 0 Å². The molecule has 1 rings (SSSR count). The summed E-state index contributed by atoms with van der Waals surface area (Å²) in [7, 11) is 1.35. The van der Waals surface area contributed by atoms with Crippen molar-refractivity contribution in [2.45, 2.75) is 11.3 Å². The van der Waals surface area contributed by atoms with E-state index in [1.54, 1.807) is 16.7 Å². The third-order valence-electron chi connectivity index (χ3n) is 1.17. The number of thiazole rings is 1. The topological polar surface area (TPSA) is 39.2 Å². The van der Waals surface area contributed by atoms with Crippen molar-refractivity contribution < 1.29 is 9.53 Å². The van der Waals surface area contributed by atoms with Gasteiger partial charge in [-0.3, -0.25) is 0 Å². The number of hydrogen-bond donors (Lipinski definition) is 0. The Kier molecular flexibility index (Phi) is 3.98. The van der Waals surface area contributed by atoms with Crippen LogP contribution in [0.3, 0.4) is 0 Å². The first-order valence-electron chi connectivity index (χ1n) is 3.55. The zero-order valence-electron chi connectivity index (χ0n) is 7.31. The van der Waals surface area contributed by atoms with Crippen molar-refractivity contribution in [1.82, 2.24) is 4.98 Å². The Bertz CT molecular complexity index is 320. The summed E-state index contributed by atoms with van der Waals surface area (Å²) in [6.45, 7) is 1.94. The van der Waals surface area contributed by atoms with E-state index in [-0.39, 0.29) is 5.97 Å². The van der Waals surface area contributed by atoms with Gasteiger partial charge in [-0.15, -0.1) is 11.3 Å². The average molecular weight is 215 g/mol. The molecule has 1 aromatic heterocycles. The fourth-order valence-electron chi connectivity index (χ4n) is 0.602. The number of esters is 1. The van der Waals surface area contributed by atoms with Crippen LogP contribution in [-0.2, 0) is 9.53 Å². The molecule has 1 heterocycles. The Morgan fingerprint density at radius 3 is 3.08 bits per heavy atom. The number of carbonyl (C=O) groups is 1. The van der Waals surface area contributed by atoms with E-state index in [0.29, 0.717) is 0 Å². The number of thioether (sulfide) groups is 1. The van der Waals surface area contributed by atoms with Crippen LogP contribution in [0.4, 0.5) is 0 Å². The standard InChI is InChI=1S/C8H9NO2S2/c1-6-5-13-8(9-6)12-4-3-7(10)11-2/h3-5H,1-2H3. The Hall–Kier alpha value is -0.810. The Balaban J connectivity index is 2.43. The number of rotatable bonds is 3. The first-order chi connectivity index (χ1) is 6.22. The second kappa shape index (κ2) is 5.04. The van der Waals surface area contributed by atoms with Gasteiger partial charge in [0.25, 0.3) is 0 Å². The fourth-order valence-corrected chi connectivity index (χ4v) is 2.15. The van der Waals surface area contributed by atoms with Crippen LogP contribution in [0, 0.1) is 6.92 Å². The van der Waals surface area contributed by atoms with Gasteiger partial charge < -0.3 is 4.74 Å². The highest BCUT2D eigenvalue weighted by molar-refractivity contribution is 8.03. The Morgan fingerprint density at radius 2 is 2.54 bits per heavy atom. The van der Waals surface area contributed by atoms with E-state index >= 15 is 0 Å². The molecule has 0 N–H and O–H groups in total. The predicted molar refractivity (Wildman–Crippen MR) is 53.9 cm³/mol. The maximum atomic E-state index is 10.7. The van der Waals surface area contributed by atoms with E-state index in [0.717, 1.165) is 10.0 Å². The molecule has 0 unspecified atom stereocenters. The van der Waals surface area contributed by atoms with E-state index in [4.69, 9.17) is 0 Å². The first kappa shape index (κ1) is 10.3. The monoisotopic (exact) mass is 215 g/mol. The Labute approximate surface area is 84.8 Å². The molecular weight excluding hydrogens is 206 g/mol. The van der Waals surface area contributed by atoms with Crippen LogP contribution in [0.1, 0.15) is 5.69 Å². The molecule has 0 spiro atoms. The van der Waals surface area contributed by atoms with Crippen LogP contribution >= 0.6 is 23.1 Å². The smallest absolute Gasteiger partial charge is 0.330 e. The van der Waals surface area contributed by atoms with Crippen LogP contribution in [0.2, 0.25) is 0 Å². The van der Waals surface area contributed by atoms with Crippen LogP contribution in [0.15, 0.2) is 21.2 Å². The molecule has 0 radical (unpaired) electrons. The summed E-state index contributed by atoms with van der Waals surface area (Å²) >= 11 is 2.97. The number of aromatic nitrogens is 1. The molecule has 0 aromatic carbocycles. The summed E-state index contributed by atoms with van der Waals surface area (Å²) in [6, 6.07) is 0. The lowest BCUT2D eigenvalue weighted by molar-refractivity contribution is -0.134. The van der Waals surface area contributed by atoms with Crippen molar-refractivity contribution >= 4 is 29.1 Å². The van der Waals surface area contributed by atoms with Gasteiger partial charge >= 0.3 is 5.97 Å². The minimum atomic E-state index is -0.347. The molecule has 0 aliphatic rings. The van der Waals surface area contributed by atoms with E-state index < -0.39 is 0 Å². The van der Waals surface area contributed by atoms with Crippen molar-refractivity contribution in [3.05, 3.63) is 22.6 Å². The normalized spacial score (nSPS) is 10.6. The quantitative estimate of drug-likeness (QED) is 0.440. The molecule has 0 amide bonds. The van der Waals surface area contributed by atoms with E-state index in [1.807, 2.05) is 12.3 Å². The molecule has 3 nitrogen and oxygen atoms in total. The third-order valence-corrected chi connectivity index (χ3v) is 3.07. The number of hydrogen-bond acceptors (Lipinski definition) is 5. The highest BCUT2D eigenvalue weighted by atomic mass is 32.2. The van der Waals surface area contributed by atoms with Crippen LogP contribution in [0.25, 0.3) is 0 Å². The van der Waals surface area contributed by atoms with E-state index in [2.05, 4.69) is 9.72 Å². The van der Waals surface area contributed by atoms with Crippen LogP contribution in [-0.4, -0.2) is 18.1 Å². The second-order valence-electron chi connectivity index (χ2n) is 2.20. The zero-order chi connectivity index (χ0) is 9.68. The lowest BCUT2D eigenvalue weighted by Gasteiger charge is -1.88. The molecule has 1 aromatic rings. The van der Waals surface area contributed by atoms with Gasteiger partial charge in [0.1, 0.15) is 0 Å². The summed E-state index contributed by atoms with van der Waals surface area (Å²) in [5.74, 6) is -0.347. The van der Waals surface area contributed by atoms with Crippen LogP contribution in [0.5, 0.6) is 0 Å². The molecule has 0 saturated heterocycles. The molecule has 0 bridgehead atoms. The summed E-state index contributed by atoms with van der Waals surface area (Å²) in [5, 5.41) is 3.64. The maximum absolute atomic E-state index is 10.7. The molecular formula is C8H9NO2S2. The largest absolute Gasteiger partial charge is 0.466 e. The van der Waals surface area contributed by atoms with Gasteiger partial charge in [0.05, 0.1) is 7.11 Å². The lowest BCUT2D eigenvalue weighted by atomic mass is 10.6. The van der Waals surface area contributed by atoms with Gasteiger partial charge in [0.15, 0.2) is 4.34 Å². The van der Waals surface area contributed by atoms with Gasteiger partial charge in [0.2, 0.25) is 0 Å². The molecule has 0 fully saturated rings. The summed E-state index contributed by atoms with van der Waals surface area (Å²) in [5.41, 5.74) is 0.999. The van der Waals surface area contributed by atoms with Crippen molar-refractivity contribution in [1.29, 1.82) is 0 Å². The average Bonchev–Trinajstić information content (AvgIpc) is 2.51. The number of aryl methyl sites for hydroxylation is 1. The molecule has 0 aliphatic carbocycles. The molecule has 13 heavy (non-hydrogen) atoms. The van der Waals surface area contributed by atoms with Crippen molar-refractivity contribution in [2.75, 3.05) is 7.11 Å². The van der Waals surface area contributed by atoms with E-state index in [9.17, 15) is 4.79 Å².